The molecule has 0 aliphatic heterocycles. The Morgan fingerprint density at radius 1 is 0.493 bits per heavy atom. The van der Waals surface area contributed by atoms with E-state index in [4.69, 9.17) is 30.2 Å². The summed E-state index contributed by atoms with van der Waals surface area (Å²) in [6, 6.07) is 42.0. The van der Waals surface area contributed by atoms with Crippen LogP contribution in [-0.4, -0.2) is 58.4 Å². The molecular formula is C57H64N4O11S3. The number of aryl methyl sites for hydroxylation is 1. The topological polar surface area (TPSA) is 238 Å². The summed E-state index contributed by atoms with van der Waals surface area (Å²) in [6.07, 6.45) is 7.37. The maximum Gasteiger partial charge on any atom is 0.240 e. The summed E-state index contributed by atoms with van der Waals surface area (Å²) in [5.41, 5.74) is 13.9. The third-order valence-electron chi connectivity index (χ3n) is 12.3. The van der Waals surface area contributed by atoms with Crippen molar-refractivity contribution < 1.29 is 48.8 Å². The van der Waals surface area contributed by atoms with Crippen LogP contribution in [0.4, 0.5) is 0 Å². The number of carbonyl (C=O) groups is 1. The number of hydrogen-bond donors (Lipinski definition) is 2. The van der Waals surface area contributed by atoms with E-state index >= 15 is 0 Å². The highest BCUT2D eigenvalue weighted by Crippen LogP contribution is 2.35. The van der Waals surface area contributed by atoms with Crippen LogP contribution in [0.15, 0.2) is 165 Å². The number of rotatable bonds is 21. The highest BCUT2D eigenvalue weighted by atomic mass is 32.2. The number of ether oxygens (including phenoxy) is 3. The average Bonchev–Trinajstić information content (AvgIpc) is 4.34. The van der Waals surface area contributed by atoms with E-state index in [2.05, 4.69) is 10.1 Å². The van der Waals surface area contributed by atoms with Gasteiger partial charge in [0.15, 0.2) is 29.5 Å². The zero-order valence-corrected chi connectivity index (χ0v) is 43.5. The molecule has 3 fully saturated rings. The minimum absolute atomic E-state index is 0. The summed E-state index contributed by atoms with van der Waals surface area (Å²) in [5.74, 6) is 6.55. The van der Waals surface area contributed by atoms with Gasteiger partial charge in [0.1, 0.15) is 40.3 Å². The minimum Gasteiger partial charge on any atom is -0.457 e. The van der Waals surface area contributed by atoms with Crippen molar-refractivity contribution in [2.24, 2.45) is 29.2 Å². The molecule has 1 aromatic heterocycles. The van der Waals surface area contributed by atoms with Gasteiger partial charge in [-0.25, -0.2) is 25.3 Å². The zero-order valence-electron chi connectivity index (χ0n) is 41.0. The molecule has 3 aliphatic carbocycles. The smallest absolute Gasteiger partial charge is 0.240 e. The van der Waals surface area contributed by atoms with Gasteiger partial charge >= 0.3 is 0 Å². The number of Topliss-reactive ketones (excluding diaryl/α,β-unsaturated/α-hetero) is 1. The molecule has 0 amide bonds. The van der Waals surface area contributed by atoms with Gasteiger partial charge in [-0.3, -0.25) is 0 Å². The van der Waals surface area contributed by atoms with E-state index in [-0.39, 0.29) is 37.0 Å². The molecule has 15 nitrogen and oxygen atoms in total. The van der Waals surface area contributed by atoms with Gasteiger partial charge in [0, 0.05) is 18.5 Å². The lowest BCUT2D eigenvalue weighted by atomic mass is 10.1. The number of carbonyl (C=O) groups excluding carboxylic acids is 1. The van der Waals surface area contributed by atoms with Crippen LogP contribution < -0.4 is 25.7 Å². The monoisotopic (exact) mass is 1080 g/mol. The van der Waals surface area contributed by atoms with Gasteiger partial charge in [0.25, 0.3) is 0 Å². The lowest BCUT2D eigenvalue weighted by Crippen LogP contribution is -2.08. The first kappa shape index (κ1) is 56.0. The molecule has 6 aromatic carbocycles. The molecule has 0 radical (unpaired) electrons. The van der Waals surface area contributed by atoms with Crippen LogP contribution in [0, 0.1) is 17.8 Å². The third kappa shape index (κ3) is 17.2. The van der Waals surface area contributed by atoms with Gasteiger partial charge in [-0.05, 0) is 202 Å². The van der Waals surface area contributed by atoms with Gasteiger partial charge in [-0.1, -0.05) is 36.8 Å². The second-order valence-electron chi connectivity index (χ2n) is 18.8. The summed E-state index contributed by atoms with van der Waals surface area (Å²) in [6.45, 7) is 2.28. The third-order valence-corrected chi connectivity index (χ3v) is 18.0. The summed E-state index contributed by atoms with van der Waals surface area (Å²) in [7, 11) is -9.56. The fourth-order valence-corrected chi connectivity index (χ4v) is 12.6. The molecule has 10 rings (SSSR count). The summed E-state index contributed by atoms with van der Waals surface area (Å²) < 4.78 is 95.6. The zero-order chi connectivity index (χ0) is 52.3. The Morgan fingerprint density at radius 3 is 1.11 bits per heavy atom. The van der Waals surface area contributed by atoms with Crippen molar-refractivity contribution in [2.45, 2.75) is 93.5 Å². The Bertz CT molecular complexity index is 3300. The molecule has 3 aliphatic rings. The summed E-state index contributed by atoms with van der Waals surface area (Å²) in [4.78, 5) is 16.2. The predicted molar refractivity (Wildman–Crippen MR) is 288 cm³/mol. The fourth-order valence-electron chi connectivity index (χ4n) is 7.49. The normalized spacial score (nSPS) is 14.2. The highest BCUT2D eigenvalue weighted by Gasteiger charge is 2.31. The molecule has 0 spiro atoms. The SMILES string of the molecule is C.CC(=O)CCc1ccc(Oc2ccc(S(=O)(=O)CC3CC3)cc2)cc1.NCc1ccc(Oc2ccc(S(=O)(=O)CC3CC3)cc2)cc1.NCc1nc(-c2ccc(Oc3ccc(S(=O)(=O)CC4CC4)cc3)cc2)no1. The Balaban J connectivity index is 0.000000164. The van der Waals surface area contributed by atoms with Crippen LogP contribution in [-0.2, 0) is 53.8 Å². The van der Waals surface area contributed by atoms with Crippen molar-refractivity contribution in [3.8, 4) is 45.9 Å². The van der Waals surface area contributed by atoms with E-state index in [0.717, 1.165) is 61.6 Å². The van der Waals surface area contributed by atoms with Crippen molar-refractivity contribution in [3.05, 3.63) is 163 Å². The standard InChI is InChI=1S/C20H22O4S.C19H19N3O4S.C17H19NO3S.CH4/c1-15(21)2-3-16-6-8-18(9-7-16)24-19-10-12-20(13-11-19)25(22,23)14-17-4-5-17;20-11-18-21-19(22-26-18)14-3-5-15(6-4-14)25-16-7-9-17(10-8-16)27(23,24)12-13-1-2-13;18-11-13-3-5-15(6-4-13)21-16-7-9-17(10-8-16)22(19,20)12-14-1-2-14;/h6-13,17H,2-5,14H2,1H3;3-10,13H,1-2,11-12,20H2;3-10,14H,1-2,11-12,18H2;1H4. The lowest BCUT2D eigenvalue weighted by molar-refractivity contribution is -0.116. The van der Waals surface area contributed by atoms with Crippen molar-refractivity contribution >= 4 is 35.3 Å². The van der Waals surface area contributed by atoms with Crippen LogP contribution in [0.3, 0.4) is 0 Å². The second kappa shape index (κ2) is 25.2. The van der Waals surface area contributed by atoms with Crippen molar-refractivity contribution in [1.82, 2.24) is 10.1 Å². The Morgan fingerprint density at radius 2 is 0.813 bits per heavy atom. The first-order chi connectivity index (χ1) is 35.5. The van der Waals surface area contributed by atoms with Gasteiger partial charge in [0.2, 0.25) is 11.7 Å². The predicted octanol–water partition coefficient (Wildman–Crippen LogP) is 11.1. The number of nitrogens with zero attached hydrogens (tertiary/aromatic N) is 2. The number of sulfone groups is 3. The van der Waals surface area contributed by atoms with E-state index < -0.39 is 29.5 Å². The average molecular weight is 1080 g/mol. The summed E-state index contributed by atoms with van der Waals surface area (Å²) in [5, 5.41) is 3.86. The maximum atomic E-state index is 12.3. The first-order valence-corrected chi connectivity index (χ1v) is 29.5. The Labute approximate surface area is 440 Å². The number of ketones is 1. The largest absolute Gasteiger partial charge is 0.457 e. The van der Waals surface area contributed by atoms with Crippen molar-refractivity contribution in [1.29, 1.82) is 0 Å². The highest BCUT2D eigenvalue weighted by molar-refractivity contribution is 7.92. The van der Waals surface area contributed by atoms with Crippen LogP contribution in [0.25, 0.3) is 11.4 Å². The molecule has 0 bridgehead atoms. The molecule has 0 atom stereocenters. The second-order valence-corrected chi connectivity index (χ2v) is 24.9. The van der Waals surface area contributed by atoms with Crippen LogP contribution in [0.5, 0.6) is 34.5 Å². The maximum absolute atomic E-state index is 12.3. The van der Waals surface area contributed by atoms with E-state index in [0.29, 0.717) is 91.6 Å². The molecule has 18 heteroatoms. The molecule has 3 saturated carbocycles. The molecule has 75 heavy (non-hydrogen) atoms. The number of nitrogens with two attached hydrogens (primary N) is 2. The van der Waals surface area contributed by atoms with Crippen LogP contribution in [0.1, 0.15) is 76.3 Å². The Kier molecular flexibility index (Phi) is 18.8. The van der Waals surface area contributed by atoms with Crippen molar-refractivity contribution in [2.75, 3.05) is 17.3 Å². The molecule has 4 N–H and O–H groups in total. The molecule has 0 saturated heterocycles. The summed E-state index contributed by atoms with van der Waals surface area (Å²) >= 11 is 0. The van der Waals surface area contributed by atoms with Gasteiger partial charge in [-0.15, -0.1) is 0 Å². The molecule has 7 aromatic rings. The molecule has 396 valence electrons. The van der Waals surface area contributed by atoms with Crippen molar-refractivity contribution in [3.63, 3.8) is 0 Å². The van der Waals surface area contributed by atoms with Gasteiger partial charge in [0.05, 0.1) is 38.5 Å². The number of benzene rings is 6. The first-order valence-electron chi connectivity index (χ1n) is 24.5. The van der Waals surface area contributed by atoms with Gasteiger partial charge < -0.3 is 35.0 Å². The molecule has 0 unspecified atom stereocenters. The number of hydrogen-bond acceptors (Lipinski definition) is 15. The van der Waals surface area contributed by atoms with Crippen LogP contribution >= 0.6 is 0 Å². The molecular weight excluding hydrogens is 1010 g/mol. The van der Waals surface area contributed by atoms with Gasteiger partial charge in [-0.2, -0.15) is 4.98 Å². The van der Waals surface area contributed by atoms with E-state index in [1.165, 1.54) is 0 Å². The molecule has 1 heterocycles. The Hall–Kier alpha value is -6.70. The van der Waals surface area contributed by atoms with E-state index in [1.807, 2.05) is 60.7 Å². The quantitative estimate of drug-likeness (QED) is 0.0680. The van der Waals surface area contributed by atoms with E-state index in [1.54, 1.807) is 91.9 Å². The minimum atomic E-state index is -3.21. The van der Waals surface area contributed by atoms with E-state index in [9.17, 15) is 30.0 Å². The lowest BCUT2D eigenvalue weighted by Gasteiger charge is -2.08. The fraction of sp³-hybridized carbons (Fsp3) is 0.316. The number of aromatic nitrogens is 2. The van der Waals surface area contributed by atoms with Crippen LogP contribution in [0.2, 0.25) is 0 Å².